The second kappa shape index (κ2) is 9.28. The Bertz CT molecular complexity index is 540. The Morgan fingerprint density at radius 2 is 0.900 bits per heavy atom. The van der Waals surface area contributed by atoms with E-state index in [-0.39, 0.29) is 11.5 Å². The van der Waals surface area contributed by atoms with E-state index in [2.05, 4.69) is 0 Å². The van der Waals surface area contributed by atoms with Crippen LogP contribution in [0.25, 0.3) is 10.8 Å². The van der Waals surface area contributed by atoms with Gasteiger partial charge in [0.15, 0.2) is 0 Å². The van der Waals surface area contributed by atoms with E-state index in [1.54, 1.807) is 36.4 Å². The van der Waals surface area contributed by atoms with Gasteiger partial charge in [0.25, 0.3) is 0 Å². The van der Waals surface area contributed by atoms with Gasteiger partial charge in [-0.1, -0.05) is 12.1 Å². The smallest absolute Gasteiger partial charge is 0.508 e. The van der Waals surface area contributed by atoms with E-state index in [4.69, 9.17) is 38.9 Å². The molecule has 0 aromatic heterocycles. The van der Waals surface area contributed by atoms with Crippen LogP contribution in [0, 0.1) is 0 Å². The van der Waals surface area contributed by atoms with Gasteiger partial charge in [0.05, 0.1) is 0 Å². The van der Waals surface area contributed by atoms with Crippen molar-refractivity contribution in [2.45, 2.75) is 0 Å². The first-order chi connectivity index (χ1) is 9.22. The highest BCUT2D eigenvalue weighted by atomic mass is 31.1. The van der Waals surface area contributed by atoms with E-state index in [0.29, 0.717) is 0 Å². The minimum atomic E-state index is -2.87. The Hall–Kier alpha value is -1.66. The fraction of sp³-hybridized carbons (Fsp3) is 0. The van der Waals surface area contributed by atoms with Crippen LogP contribution in [0.2, 0.25) is 0 Å². The maximum atomic E-state index is 9.14. The van der Waals surface area contributed by atoms with Crippen molar-refractivity contribution in [3.05, 3.63) is 36.4 Å². The summed E-state index contributed by atoms with van der Waals surface area (Å²) in [5.74, 6) is 0.487. The molecule has 2 aromatic rings. The number of aromatic hydroxyl groups is 2. The molecule has 0 heterocycles. The molecule has 0 aliphatic heterocycles. The van der Waals surface area contributed by atoms with E-state index < -0.39 is 16.5 Å². The number of phenols is 2. The van der Waals surface area contributed by atoms with Crippen molar-refractivity contribution < 1.29 is 38.9 Å². The van der Waals surface area contributed by atoms with Crippen LogP contribution in [0.4, 0.5) is 0 Å². The molecule has 0 fully saturated rings. The molecule has 8 nitrogen and oxygen atoms in total. The molecule has 6 N–H and O–H groups in total. The highest BCUT2D eigenvalue weighted by Gasteiger charge is 1.95. The van der Waals surface area contributed by atoms with Crippen molar-refractivity contribution in [3.63, 3.8) is 0 Å². The summed E-state index contributed by atoms with van der Waals surface area (Å²) in [5.41, 5.74) is 0. The first kappa shape index (κ1) is 18.3. The van der Waals surface area contributed by atoms with E-state index >= 15 is 0 Å². The Morgan fingerprint density at radius 1 is 0.650 bits per heavy atom. The number of hydrogen-bond donors (Lipinski definition) is 6. The summed E-state index contributed by atoms with van der Waals surface area (Å²) in [5, 5.41) is 20.1. The van der Waals surface area contributed by atoms with Gasteiger partial charge >= 0.3 is 16.5 Å². The number of benzene rings is 2. The van der Waals surface area contributed by atoms with E-state index in [1.165, 1.54) is 0 Å². The summed E-state index contributed by atoms with van der Waals surface area (Å²) in [6.45, 7) is 0. The second-order valence-electron chi connectivity index (χ2n) is 3.22. The molecular formula is C10H12O8P2+2. The van der Waals surface area contributed by atoms with Crippen LogP contribution in [0.3, 0.4) is 0 Å². The number of rotatable bonds is 0. The molecule has 10 heteroatoms. The lowest BCUT2D eigenvalue weighted by Gasteiger charge is -1.98. The minimum Gasteiger partial charge on any atom is -0.508 e. The number of fused-ring (bicyclic) bond motifs is 1. The zero-order valence-corrected chi connectivity index (χ0v) is 11.6. The third-order valence-electron chi connectivity index (χ3n) is 1.81. The quantitative estimate of drug-likeness (QED) is 0.399. The molecule has 2 aromatic carbocycles. The molecule has 0 radical (unpaired) electrons. The molecule has 20 heavy (non-hydrogen) atoms. The summed E-state index contributed by atoms with van der Waals surface area (Å²) >= 11 is 0. The standard InChI is InChI=1S/C10H8O2.2HO3P/c11-9-3-1-7-5-10(12)4-2-8(7)6-9;2*1-4(2)3/h1-6,11-12H;2*(H-,1,2,3)/p+2. The van der Waals surface area contributed by atoms with Crippen LogP contribution in [0.1, 0.15) is 0 Å². The summed E-state index contributed by atoms with van der Waals surface area (Å²) < 4.78 is 17.4. The van der Waals surface area contributed by atoms with Crippen molar-refractivity contribution in [3.8, 4) is 11.5 Å². The van der Waals surface area contributed by atoms with E-state index in [9.17, 15) is 0 Å². The minimum absolute atomic E-state index is 0.244. The van der Waals surface area contributed by atoms with Crippen LogP contribution in [-0.4, -0.2) is 29.8 Å². The Morgan fingerprint density at radius 3 is 1.15 bits per heavy atom. The van der Waals surface area contributed by atoms with Crippen LogP contribution < -0.4 is 0 Å². The largest absolute Gasteiger partial charge is 0.692 e. The van der Waals surface area contributed by atoms with Crippen molar-refractivity contribution in [2.24, 2.45) is 0 Å². The molecule has 0 aliphatic rings. The predicted octanol–water partition coefficient (Wildman–Crippen LogP) is 1.51. The zero-order chi connectivity index (χ0) is 15.7. The fourth-order valence-corrected chi connectivity index (χ4v) is 1.22. The molecule has 0 saturated heterocycles. The topological polar surface area (TPSA) is 156 Å². The van der Waals surface area contributed by atoms with Gasteiger partial charge in [-0.3, -0.25) is 0 Å². The van der Waals surface area contributed by atoms with Gasteiger partial charge in [-0.05, 0) is 35.0 Å². The molecule has 0 aliphatic carbocycles. The van der Waals surface area contributed by atoms with Crippen LogP contribution in [-0.2, 0) is 9.13 Å². The first-order valence-corrected chi connectivity index (χ1v) is 7.17. The molecule has 0 atom stereocenters. The van der Waals surface area contributed by atoms with Crippen molar-refractivity contribution in [1.29, 1.82) is 0 Å². The van der Waals surface area contributed by atoms with Gasteiger partial charge < -0.3 is 10.2 Å². The van der Waals surface area contributed by atoms with Gasteiger partial charge in [0, 0.05) is 9.13 Å². The Labute approximate surface area is 115 Å². The monoisotopic (exact) mass is 322 g/mol. The fourth-order valence-electron chi connectivity index (χ4n) is 1.22. The number of hydrogen-bond acceptors (Lipinski definition) is 4. The molecule has 0 bridgehead atoms. The second-order valence-corrected chi connectivity index (χ2v) is 4.23. The van der Waals surface area contributed by atoms with Crippen molar-refractivity contribution in [1.82, 2.24) is 0 Å². The lowest BCUT2D eigenvalue weighted by atomic mass is 10.1. The van der Waals surface area contributed by atoms with E-state index in [1.807, 2.05) is 0 Å². The predicted molar refractivity (Wildman–Crippen MR) is 71.4 cm³/mol. The summed E-state index contributed by atoms with van der Waals surface area (Å²) in [6, 6.07) is 10.1. The number of phenolic OH excluding ortho intramolecular Hbond substituents is 2. The highest BCUT2D eigenvalue weighted by molar-refractivity contribution is 7.31. The normalized spacial score (nSPS) is 8.80. The third kappa shape index (κ3) is 9.29. The van der Waals surface area contributed by atoms with Gasteiger partial charge in [-0.25, -0.2) is 0 Å². The van der Waals surface area contributed by atoms with Gasteiger partial charge in [-0.15, -0.1) is 19.6 Å². The average Bonchev–Trinajstić information content (AvgIpc) is 2.28. The van der Waals surface area contributed by atoms with Crippen LogP contribution >= 0.6 is 16.5 Å². The summed E-state index contributed by atoms with van der Waals surface area (Å²) in [6.07, 6.45) is 0. The summed E-state index contributed by atoms with van der Waals surface area (Å²) in [7, 11) is -5.74. The first-order valence-electron chi connectivity index (χ1n) is 4.84. The lowest BCUT2D eigenvalue weighted by Crippen LogP contribution is -1.71. The maximum Gasteiger partial charge on any atom is 0.692 e. The Balaban J connectivity index is 0.000000380. The SMILES string of the molecule is O=[P+](O)O.O=[P+](O)O.Oc1ccc2cc(O)ccc2c1. The van der Waals surface area contributed by atoms with Gasteiger partial charge in [-0.2, -0.15) is 0 Å². The molecule has 0 spiro atoms. The van der Waals surface area contributed by atoms with Crippen molar-refractivity contribution >= 4 is 27.3 Å². The van der Waals surface area contributed by atoms with Crippen LogP contribution in [0.15, 0.2) is 36.4 Å². The Kier molecular flexibility index (Phi) is 8.51. The molecule has 0 saturated carbocycles. The highest BCUT2D eigenvalue weighted by Crippen LogP contribution is 2.23. The van der Waals surface area contributed by atoms with Gasteiger partial charge in [0.2, 0.25) is 0 Å². The average molecular weight is 322 g/mol. The molecular weight excluding hydrogens is 310 g/mol. The summed E-state index contributed by atoms with van der Waals surface area (Å²) in [4.78, 5) is 28.5. The third-order valence-corrected chi connectivity index (χ3v) is 1.81. The lowest BCUT2D eigenvalue weighted by molar-refractivity contribution is 0.403. The van der Waals surface area contributed by atoms with E-state index in [0.717, 1.165) is 10.8 Å². The molecule has 0 amide bonds. The molecule has 0 unspecified atom stereocenters. The zero-order valence-electron chi connectivity index (χ0n) is 9.86. The molecule has 108 valence electrons. The maximum absolute atomic E-state index is 9.14. The van der Waals surface area contributed by atoms with Gasteiger partial charge in [0.1, 0.15) is 11.5 Å². The molecule has 2 rings (SSSR count). The van der Waals surface area contributed by atoms with Crippen LogP contribution in [0.5, 0.6) is 11.5 Å². The van der Waals surface area contributed by atoms with Crippen molar-refractivity contribution in [2.75, 3.05) is 0 Å².